The Labute approximate surface area is 179 Å². The molecular formula is C25H32N2O3. The predicted octanol–water partition coefficient (Wildman–Crippen LogP) is 4.35. The molecule has 0 radical (unpaired) electrons. The number of piperazine rings is 1. The first-order chi connectivity index (χ1) is 14.2. The monoisotopic (exact) mass is 408 g/mol. The lowest BCUT2D eigenvalue weighted by molar-refractivity contribution is 0.104. The number of carbonyl (C=O) groups is 1. The standard InChI is InChI=1S/C25H32N2O3/c1-25(2,3)19-8-11-24(30-5)21(16-19)23(29)10-7-18-6-9-20(28)17-22(18)27-14-12-26(4)13-15-27/h6-11,16-17,28H,12-15H2,1-5H3/b10-7+. The Morgan fingerprint density at radius 1 is 1.07 bits per heavy atom. The number of anilines is 1. The van der Waals surface area contributed by atoms with Gasteiger partial charge in [-0.3, -0.25) is 4.79 Å². The number of aromatic hydroxyl groups is 1. The first-order valence-electron chi connectivity index (χ1n) is 10.4. The molecule has 30 heavy (non-hydrogen) atoms. The minimum atomic E-state index is -0.102. The van der Waals surface area contributed by atoms with Crippen molar-refractivity contribution in [2.45, 2.75) is 26.2 Å². The number of phenolic OH excluding ortho intramolecular Hbond substituents is 1. The maximum atomic E-state index is 13.0. The average molecular weight is 409 g/mol. The third-order valence-corrected chi connectivity index (χ3v) is 5.60. The number of benzene rings is 2. The average Bonchev–Trinajstić information content (AvgIpc) is 2.72. The molecule has 3 rings (SSSR count). The van der Waals surface area contributed by atoms with Crippen LogP contribution in [-0.2, 0) is 5.41 Å². The zero-order valence-electron chi connectivity index (χ0n) is 18.6. The van der Waals surface area contributed by atoms with Gasteiger partial charge in [-0.1, -0.05) is 26.8 Å². The van der Waals surface area contributed by atoms with Crippen LogP contribution in [0.5, 0.6) is 11.5 Å². The van der Waals surface area contributed by atoms with E-state index < -0.39 is 0 Å². The van der Waals surface area contributed by atoms with Crippen LogP contribution in [0.1, 0.15) is 42.3 Å². The molecule has 0 spiro atoms. The molecule has 1 N–H and O–H groups in total. The number of methoxy groups -OCH3 is 1. The lowest BCUT2D eigenvalue weighted by Crippen LogP contribution is -2.44. The second-order valence-corrected chi connectivity index (χ2v) is 8.90. The van der Waals surface area contributed by atoms with Gasteiger partial charge in [-0.2, -0.15) is 0 Å². The molecule has 0 aromatic heterocycles. The third kappa shape index (κ3) is 5.03. The van der Waals surface area contributed by atoms with Crippen molar-refractivity contribution in [1.29, 1.82) is 0 Å². The fourth-order valence-corrected chi connectivity index (χ4v) is 3.62. The molecule has 0 bridgehead atoms. The van der Waals surface area contributed by atoms with Crippen molar-refractivity contribution < 1.29 is 14.6 Å². The van der Waals surface area contributed by atoms with Gasteiger partial charge < -0.3 is 19.6 Å². The number of hydrogen-bond acceptors (Lipinski definition) is 5. The zero-order valence-corrected chi connectivity index (χ0v) is 18.6. The predicted molar refractivity (Wildman–Crippen MR) is 123 cm³/mol. The van der Waals surface area contributed by atoms with Crippen LogP contribution in [0.25, 0.3) is 6.08 Å². The Balaban J connectivity index is 1.90. The van der Waals surface area contributed by atoms with E-state index in [1.807, 2.05) is 30.3 Å². The topological polar surface area (TPSA) is 53.0 Å². The maximum Gasteiger partial charge on any atom is 0.189 e. The quantitative estimate of drug-likeness (QED) is 0.589. The summed E-state index contributed by atoms with van der Waals surface area (Å²) < 4.78 is 5.43. The highest BCUT2D eigenvalue weighted by Gasteiger charge is 2.19. The van der Waals surface area contributed by atoms with Crippen LogP contribution in [0.2, 0.25) is 0 Å². The Hall–Kier alpha value is -2.79. The summed E-state index contributed by atoms with van der Waals surface area (Å²) in [7, 11) is 3.69. The van der Waals surface area contributed by atoms with Gasteiger partial charge in [-0.05, 0) is 60.0 Å². The SMILES string of the molecule is COc1ccc(C(C)(C)C)cc1C(=O)/C=C/c1ccc(O)cc1N1CCN(C)CC1. The molecule has 0 aliphatic carbocycles. The van der Waals surface area contributed by atoms with Crippen molar-refractivity contribution >= 4 is 17.5 Å². The molecule has 0 amide bonds. The molecule has 1 saturated heterocycles. The zero-order chi connectivity index (χ0) is 21.9. The number of likely N-dealkylation sites (N-methyl/N-ethyl adjacent to an activating group) is 1. The summed E-state index contributed by atoms with van der Waals surface area (Å²) in [6, 6.07) is 11.1. The highest BCUT2D eigenvalue weighted by atomic mass is 16.5. The molecule has 0 atom stereocenters. The second-order valence-electron chi connectivity index (χ2n) is 8.90. The second kappa shape index (κ2) is 8.92. The van der Waals surface area contributed by atoms with Gasteiger partial charge in [-0.25, -0.2) is 0 Å². The number of ether oxygens (including phenoxy) is 1. The van der Waals surface area contributed by atoms with Crippen LogP contribution in [0.3, 0.4) is 0 Å². The minimum Gasteiger partial charge on any atom is -0.508 e. The lowest BCUT2D eigenvalue weighted by Gasteiger charge is -2.35. The molecule has 0 saturated carbocycles. The number of rotatable bonds is 5. The van der Waals surface area contributed by atoms with Crippen LogP contribution in [0.4, 0.5) is 5.69 Å². The Bertz CT molecular complexity index is 936. The van der Waals surface area contributed by atoms with Crippen molar-refractivity contribution in [3.05, 3.63) is 59.2 Å². The molecule has 2 aromatic carbocycles. The molecule has 1 aliphatic rings. The largest absolute Gasteiger partial charge is 0.508 e. The van der Waals surface area contributed by atoms with Crippen molar-refractivity contribution in [1.82, 2.24) is 4.90 Å². The highest BCUT2D eigenvalue weighted by Crippen LogP contribution is 2.30. The normalized spacial score (nSPS) is 15.6. The van der Waals surface area contributed by atoms with Crippen LogP contribution < -0.4 is 9.64 Å². The number of carbonyl (C=O) groups excluding carboxylic acids is 1. The summed E-state index contributed by atoms with van der Waals surface area (Å²) in [5.41, 5.74) is 3.44. The Morgan fingerprint density at radius 2 is 1.77 bits per heavy atom. The number of nitrogens with zero attached hydrogens (tertiary/aromatic N) is 2. The number of allylic oxidation sites excluding steroid dienone is 1. The summed E-state index contributed by atoms with van der Waals surface area (Å²) in [4.78, 5) is 17.6. The van der Waals surface area contributed by atoms with E-state index in [9.17, 15) is 9.90 Å². The molecule has 5 heteroatoms. The summed E-state index contributed by atoms with van der Waals surface area (Å²) in [6.45, 7) is 10.1. The van der Waals surface area contributed by atoms with E-state index in [0.717, 1.165) is 43.0 Å². The molecule has 2 aromatic rings. The molecular weight excluding hydrogens is 376 g/mol. The fourth-order valence-electron chi connectivity index (χ4n) is 3.62. The van der Waals surface area contributed by atoms with Crippen molar-refractivity contribution in [2.75, 3.05) is 45.2 Å². The summed E-state index contributed by atoms with van der Waals surface area (Å²) >= 11 is 0. The van der Waals surface area contributed by atoms with Crippen LogP contribution in [0.15, 0.2) is 42.5 Å². The van der Waals surface area contributed by atoms with Gasteiger partial charge in [0.25, 0.3) is 0 Å². The van der Waals surface area contributed by atoms with E-state index in [4.69, 9.17) is 4.74 Å². The van der Waals surface area contributed by atoms with Gasteiger partial charge in [0.15, 0.2) is 5.78 Å². The van der Waals surface area contributed by atoms with Crippen LogP contribution in [0, 0.1) is 0 Å². The smallest absolute Gasteiger partial charge is 0.189 e. The molecule has 0 unspecified atom stereocenters. The minimum absolute atomic E-state index is 0.0590. The molecule has 160 valence electrons. The highest BCUT2D eigenvalue weighted by molar-refractivity contribution is 6.09. The molecule has 1 heterocycles. The first-order valence-corrected chi connectivity index (χ1v) is 10.4. The third-order valence-electron chi connectivity index (χ3n) is 5.60. The van der Waals surface area contributed by atoms with Gasteiger partial charge in [0.05, 0.1) is 12.7 Å². The first kappa shape index (κ1) is 21.9. The number of ketones is 1. The summed E-state index contributed by atoms with van der Waals surface area (Å²) in [6.07, 6.45) is 3.43. The van der Waals surface area contributed by atoms with E-state index in [1.54, 1.807) is 25.3 Å². The van der Waals surface area contributed by atoms with Crippen molar-refractivity contribution in [2.24, 2.45) is 0 Å². The van der Waals surface area contributed by atoms with E-state index in [1.165, 1.54) is 0 Å². The molecule has 1 fully saturated rings. The number of phenols is 1. The number of hydrogen-bond donors (Lipinski definition) is 1. The van der Waals surface area contributed by atoms with E-state index in [2.05, 4.69) is 37.6 Å². The maximum absolute atomic E-state index is 13.0. The Kier molecular flexibility index (Phi) is 6.52. The van der Waals surface area contributed by atoms with Crippen LogP contribution >= 0.6 is 0 Å². The van der Waals surface area contributed by atoms with E-state index in [0.29, 0.717) is 11.3 Å². The van der Waals surface area contributed by atoms with Gasteiger partial charge in [-0.15, -0.1) is 0 Å². The van der Waals surface area contributed by atoms with Crippen LogP contribution in [-0.4, -0.2) is 56.1 Å². The molecule has 1 aliphatic heterocycles. The van der Waals surface area contributed by atoms with Crippen molar-refractivity contribution in [3.8, 4) is 11.5 Å². The van der Waals surface area contributed by atoms with Gasteiger partial charge in [0.2, 0.25) is 0 Å². The Morgan fingerprint density at radius 3 is 2.40 bits per heavy atom. The van der Waals surface area contributed by atoms with E-state index >= 15 is 0 Å². The summed E-state index contributed by atoms with van der Waals surface area (Å²) in [5.74, 6) is 0.699. The van der Waals surface area contributed by atoms with Crippen molar-refractivity contribution in [3.63, 3.8) is 0 Å². The lowest BCUT2D eigenvalue weighted by atomic mass is 9.85. The van der Waals surface area contributed by atoms with Gasteiger partial charge in [0.1, 0.15) is 11.5 Å². The summed E-state index contributed by atoms with van der Waals surface area (Å²) in [5, 5.41) is 10.0. The van der Waals surface area contributed by atoms with E-state index in [-0.39, 0.29) is 16.9 Å². The van der Waals surface area contributed by atoms with Gasteiger partial charge >= 0.3 is 0 Å². The van der Waals surface area contributed by atoms with Gasteiger partial charge in [0, 0.05) is 37.9 Å². The molecule has 5 nitrogen and oxygen atoms in total. The fraction of sp³-hybridized carbons (Fsp3) is 0.400.